The molecule has 0 spiro atoms. The summed E-state index contributed by atoms with van der Waals surface area (Å²) in [5, 5.41) is 7.89. The number of carbonyl (C=O) groups is 1. The number of rotatable bonds is 6. The van der Waals surface area contributed by atoms with Crippen molar-refractivity contribution in [1.29, 1.82) is 0 Å². The average molecular weight is 508 g/mol. The van der Waals surface area contributed by atoms with Crippen molar-refractivity contribution < 1.29 is 9.53 Å². The van der Waals surface area contributed by atoms with Crippen LogP contribution in [0, 0.1) is 5.92 Å². The number of benzene rings is 3. The van der Waals surface area contributed by atoms with Crippen molar-refractivity contribution in [2.24, 2.45) is 5.92 Å². The molecule has 1 amide bonds. The van der Waals surface area contributed by atoms with Crippen LogP contribution in [-0.4, -0.2) is 42.6 Å². The van der Waals surface area contributed by atoms with Crippen LogP contribution >= 0.6 is 0 Å². The molecule has 1 aliphatic heterocycles. The summed E-state index contributed by atoms with van der Waals surface area (Å²) in [4.78, 5) is 25.1. The first-order chi connectivity index (χ1) is 18.6. The third kappa shape index (κ3) is 4.76. The summed E-state index contributed by atoms with van der Waals surface area (Å²) in [5.41, 5.74) is 2.79. The zero-order valence-corrected chi connectivity index (χ0v) is 21.9. The first-order valence-electron chi connectivity index (χ1n) is 13.4. The minimum atomic E-state index is -0.356. The van der Waals surface area contributed by atoms with Crippen LogP contribution in [0.4, 0.5) is 11.8 Å². The Kier molecular flexibility index (Phi) is 6.58. The molecule has 3 aromatic carbocycles. The summed E-state index contributed by atoms with van der Waals surface area (Å²) in [6.07, 6.45) is 4.15. The van der Waals surface area contributed by atoms with Crippen LogP contribution in [-0.2, 0) is 4.79 Å². The quantitative estimate of drug-likeness (QED) is 0.348. The lowest BCUT2D eigenvalue weighted by molar-refractivity contribution is -0.122. The normalized spacial score (nSPS) is 18.7. The van der Waals surface area contributed by atoms with Gasteiger partial charge in [-0.05, 0) is 55.9 Å². The number of hydrogen-bond acceptors (Lipinski definition) is 6. The van der Waals surface area contributed by atoms with Crippen LogP contribution in [0.25, 0.3) is 10.9 Å². The summed E-state index contributed by atoms with van der Waals surface area (Å²) in [6, 6.07) is 24.1. The smallest absolute Gasteiger partial charge is 0.232 e. The predicted molar refractivity (Wildman–Crippen MR) is 151 cm³/mol. The Balaban J connectivity index is 1.08. The maximum atomic E-state index is 13.5. The molecule has 0 radical (unpaired) electrons. The van der Waals surface area contributed by atoms with Gasteiger partial charge in [0.15, 0.2) is 0 Å². The minimum Gasteiger partial charge on any atom is -0.457 e. The largest absolute Gasteiger partial charge is 0.457 e. The molecule has 0 saturated heterocycles. The maximum absolute atomic E-state index is 13.5. The highest BCUT2D eigenvalue weighted by Crippen LogP contribution is 2.44. The van der Waals surface area contributed by atoms with E-state index in [9.17, 15) is 4.79 Å². The molecule has 0 bridgehead atoms. The Labute approximate surface area is 223 Å². The summed E-state index contributed by atoms with van der Waals surface area (Å²) in [6.45, 7) is 0.685. The van der Waals surface area contributed by atoms with Crippen LogP contribution in [0.2, 0.25) is 0 Å². The molecule has 2 heterocycles. The molecule has 1 aliphatic carbocycles. The fourth-order valence-corrected chi connectivity index (χ4v) is 5.70. The van der Waals surface area contributed by atoms with Crippen molar-refractivity contribution >= 4 is 28.6 Å². The maximum Gasteiger partial charge on any atom is 0.232 e. The first kappa shape index (κ1) is 24.2. The monoisotopic (exact) mass is 507 g/mol. The van der Waals surface area contributed by atoms with Crippen molar-refractivity contribution in [3.05, 3.63) is 83.9 Å². The molecule has 1 saturated carbocycles. The minimum absolute atomic E-state index is 0.0363. The topological polar surface area (TPSA) is 79.4 Å². The van der Waals surface area contributed by atoms with E-state index in [1.165, 1.54) is 0 Å². The Morgan fingerprint density at radius 2 is 1.50 bits per heavy atom. The van der Waals surface area contributed by atoms with Crippen molar-refractivity contribution in [2.75, 3.05) is 30.9 Å². The van der Waals surface area contributed by atoms with Crippen molar-refractivity contribution in [2.45, 2.75) is 37.6 Å². The van der Waals surface area contributed by atoms with Gasteiger partial charge in [0.2, 0.25) is 11.9 Å². The molecule has 0 atom stereocenters. The van der Waals surface area contributed by atoms with E-state index < -0.39 is 0 Å². The second-order valence-corrected chi connectivity index (χ2v) is 10.5. The van der Waals surface area contributed by atoms with Gasteiger partial charge in [-0.3, -0.25) is 4.79 Å². The fourth-order valence-electron chi connectivity index (χ4n) is 5.70. The second-order valence-electron chi connectivity index (χ2n) is 10.5. The second kappa shape index (κ2) is 10.3. The van der Waals surface area contributed by atoms with E-state index in [0.29, 0.717) is 24.5 Å². The Morgan fingerprint density at radius 1 is 0.868 bits per heavy atom. The lowest BCUT2D eigenvalue weighted by Gasteiger charge is -2.31. The third-order valence-electron chi connectivity index (χ3n) is 7.69. The van der Waals surface area contributed by atoms with Gasteiger partial charge < -0.3 is 20.3 Å². The molecule has 2 aliphatic rings. The summed E-state index contributed by atoms with van der Waals surface area (Å²) in [5.74, 6) is 3.25. The van der Waals surface area contributed by atoms with Crippen LogP contribution in [0.15, 0.2) is 72.8 Å². The van der Waals surface area contributed by atoms with Gasteiger partial charge in [0.05, 0.1) is 11.4 Å². The Morgan fingerprint density at radius 3 is 2.18 bits per heavy atom. The van der Waals surface area contributed by atoms with Crippen molar-refractivity contribution in [3.63, 3.8) is 0 Å². The van der Waals surface area contributed by atoms with E-state index >= 15 is 0 Å². The number of fused-ring (bicyclic) bond motifs is 3. The third-order valence-corrected chi connectivity index (χ3v) is 7.69. The highest BCUT2D eigenvalue weighted by atomic mass is 16.5. The van der Waals surface area contributed by atoms with Crippen molar-refractivity contribution in [3.8, 4) is 11.5 Å². The number of nitrogens with one attached hydrogen (secondary N) is 2. The number of para-hydroxylation sites is 3. The molecule has 1 fully saturated rings. The number of ether oxygens (including phenoxy) is 1. The Hall–Kier alpha value is -4.13. The number of nitrogens with zero attached hydrogens (tertiary/aromatic N) is 3. The number of carbonyl (C=O) groups excluding carboxylic acids is 1. The Bertz CT molecular complexity index is 1420. The summed E-state index contributed by atoms with van der Waals surface area (Å²) < 4.78 is 6.06. The van der Waals surface area contributed by atoms with Gasteiger partial charge in [-0.25, -0.2) is 4.98 Å². The van der Waals surface area contributed by atoms with Gasteiger partial charge in [0.1, 0.15) is 17.3 Å². The molecule has 38 heavy (non-hydrogen) atoms. The highest BCUT2D eigenvalue weighted by Gasteiger charge is 2.33. The number of hydrogen-bond donors (Lipinski definition) is 2. The van der Waals surface area contributed by atoms with E-state index in [1.807, 2.05) is 85.7 Å². The van der Waals surface area contributed by atoms with Gasteiger partial charge in [0, 0.05) is 43.2 Å². The number of amides is 1. The summed E-state index contributed by atoms with van der Waals surface area (Å²) in [7, 11) is 4.02. The van der Waals surface area contributed by atoms with Gasteiger partial charge in [-0.1, -0.05) is 48.5 Å². The number of aromatic nitrogens is 2. The van der Waals surface area contributed by atoms with E-state index in [-0.39, 0.29) is 11.8 Å². The average Bonchev–Trinajstić information content (AvgIpc) is 2.95. The molecule has 2 N–H and O–H groups in total. The van der Waals surface area contributed by atoms with Gasteiger partial charge in [-0.2, -0.15) is 4.98 Å². The predicted octanol–water partition coefficient (Wildman–Crippen LogP) is 5.72. The van der Waals surface area contributed by atoms with E-state index in [4.69, 9.17) is 14.7 Å². The molecule has 0 unspecified atom stereocenters. The van der Waals surface area contributed by atoms with Crippen LogP contribution in [0.1, 0.15) is 42.7 Å². The van der Waals surface area contributed by atoms with E-state index in [1.54, 1.807) is 0 Å². The molecule has 1 aromatic heterocycles. The zero-order chi connectivity index (χ0) is 26.1. The van der Waals surface area contributed by atoms with Crippen LogP contribution in [0.5, 0.6) is 11.5 Å². The van der Waals surface area contributed by atoms with Gasteiger partial charge in [-0.15, -0.1) is 0 Å². The lowest BCUT2D eigenvalue weighted by atomic mass is 9.85. The van der Waals surface area contributed by atoms with E-state index in [2.05, 4.69) is 16.7 Å². The number of anilines is 2. The van der Waals surface area contributed by atoms with Crippen LogP contribution in [0.3, 0.4) is 0 Å². The fraction of sp³-hybridized carbons (Fsp3) is 0.323. The van der Waals surface area contributed by atoms with Gasteiger partial charge in [0.25, 0.3) is 0 Å². The zero-order valence-electron chi connectivity index (χ0n) is 21.9. The van der Waals surface area contributed by atoms with Gasteiger partial charge >= 0.3 is 0 Å². The molecule has 7 heteroatoms. The standard InChI is InChI=1S/C31H33N5O2/c1-36(2)29-22-9-3-6-12-25(22)34-31(35-29)33-21-17-15-20(16-18-21)19-32-30(37)28-23-10-4-7-13-26(23)38-27-14-8-5-11-24(27)28/h3-14,20-21,28H,15-19H2,1-2H3,(H,32,37)(H,33,34,35). The molecular formula is C31H33N5O2. The van der Waals surface area contributed by atoms with E-state index in [0.717, 1.165) is 65.0 Å². The molecular weight excluding hydrogens is 474 g/mol. The molecule has 7 nitrogen and oxygen atoms in total. The lowest BCUT2D eigenvalue weighted by Crippen LogP contribution is -2.37. The molecule has 194 valence electrons. The highest BCUT2D eigenvalue weighted by molar-refractivity contribution is 5.90. The van der Waals surface area contributed by atoms with Crippen LogP contribution < -0.4 is 20.3 Å². The SMILES string of the molecule is CN(C)c1nc(NC2CCC(CNC(=O)C3c4ccccc4Oc4ccccc43)CC2)nc2ccccc12. The molecule has 4 aromatic rings. The summed E-state index contributed by atoms with van der Waals surface area (Å²) >= 11 is 0. The molecule has 6 rings (SSSR count). The van der Waals surface area contributed by atoms with Crippen molar-refractivity contribution in [1.82, 2.24) is 15.3 Å². The first-order valence-corrected chi connectivity index (χ1v) is 13.4.